The van der Waals surface area contributed by atoms with Crippen LogP contribution in [-0.2, 0) is 4.74 Å². The van der Waals surface area contributed by atoms with Crippen molar-refractivity contribution in [3.05, 3.63) is 0 Å². The van der Waals surface area contributed by atoms with Crippen LogP contribution in [0, 0.1) is 17.3 Å². The molecule has 2 saturated carbocycles. The molecular weight excluding hydrogens is 212 g/mol. The molecule has 0 aromatic rings. The molecule has 3 fully saturated rings. The average molecular weight is 238 g/mol. The highest BCUT2D eigenvalue weighted by Crippen LogP contribution is 2.65. The van der Waals surface area contributed by atoms with Crippen LogP contribution in [-0.4, -0.2) is 22.9 Å². The molecule has 0 unspecified atom stereocenters. The standard InChI is InChI=1S/C15H26O2/c1-13(2)11-6-8-14(3)7-4-5-12(10-16)15(14,9-11)17-13/h11-12,16H,4-10H2,1-3H3/t11-,12-,14+,15+/m1/s1. The minimum atomic E-state index is -0.0214. The fourth-order valence-electron chi connectivity index (χ4n) is 5.02. The quantitative estimate of drug-likeness (QED) is 0.760. The van der Waals surface area contributed by atoms with Crippen LogP contribution in [0.15, 0.2) is 0 Å². The maximum absolute atomic E-state index is 9.75. The highest BCUT2D eigenvalue weighted by Gasteiger charge is 2.65. The van der Waals surface area contributed by atoms with Gasteiger partial charge in [0.2, 0.25) is 0 Å². The van der Waals surface area contributed by atoms with Crippen molar-refractivity contribution in [2.24, 2.45) is 17.3 Å². The number of fused-ring (bicyclic) bond motifs is 1. The predicted octanol–water partition coefficient (Wildman–Crippen LogP) is 3.13. The molecule has 2 heteroatoms. The zero-order valence-corrected chi connectivity index (χ0v) is 11.5. The summed E-state index contributed by atoms with van der Waals surface area (Å²) in [6, 6.07) is 0. The van der Waals surface area contributed by atoms with Crippen LogP contribution in [0.3, 0.4) is 0 Å². The summed E-state index contributed by atoms with van der Waals surface area (Å²) in [5.41, 5.74) is 0.303. The van der Waals surface area contributed by atoms with Gasteiger partial charge < -0.3 is 9.84 Å². The molecule has 3 aliphatic rings. The Morgan fingerprint density at radius 2 is 1.94 bits per heavy atom. The Morgan fingerprint density at radius 3 is 2.65 bits per heavy atom. The summed E-state index contributed by atoms with van der Waals surface area (Å²) in [5.74, 6) is 1.06. The van der Waals surface area contributed by atoms with Crippen molar-refractivity contribution in [1.29, 1.82) is 0 Å². The molecule has 0 aromatic carbocycles. The maximum Gasteiger partial charge on any atom is 0.0796 e. The second-order valence-corrected chi connectivity index (χ2v) is 7.37. The van der Waals surface area contributed by atoms with E-state index in [1.54, 1.807) is 0 Å². The van der Waals surface area contributed by atoms with E-state index in [9.17, 15) is 5.11 Å². The van der Waals surface area contributed by atoms with Gasteiger partial charge in [-0.15, -0.1) is 0 Å². The van der Waals surface area contributed by atoms with Crippen LogP contribution in [0.4, 0.5) is 0 Å². The Bertz CT molecular complexity index is 325. The number of hydrogen-bond acceptors (Lipinski definition) is 2. The van der Waals surface area contributed by atoms with Crippen LogP contribution in [0.2, 0.25) is 0 Å². The van der Waals surface area contributed by atoms with Gasteiger partial charge in [-0.05, 0) is 57.3 Å². The van der Waals surface area contributed by atoms with E-state index in [4.69, 9.17) is 4.74 Å². The lowest BCUT2D eigenvalue weighted by Crippen LogP contribution is -2.57. The third-order valence-electron chi connectivity index (χ3n) is 6.21. The van der Waals surface area contributed by atoms with Crippen LogP contribution in [0.5, 0.6) is 0 Å². The van der Waals surface area contributed by atoms with E-state index in [2.05, 4.69) is 20.8 Å². The molecule has 2 aliphatic carbocycles. The summed E-state index contributed by atoms with van der Waals surface area (Å²) in [7, 11) is 0. The molecule has 1 heterocycles. The Balaban J connectivity index is 2.03. The maximum atomic E-state index is 9.75. The van der Waals surface area contributed by atoms with E-state index >= 15 is 0 Å². The molecule has 0 aromatic heterocycles. The minimum absolute atomic E-state index is 0.0164. The summed E-state index contributed by atoms with van der Waals surface area (Å²) < 4.78 is 6.61. The molecule has 0 radical (unpaired) electrons. The number of aliphatic hydroxyl groups excluding tert-OH is 1. The number of ether oxygens (including phenoxy) is 1. The predicted molar refractivity (Wildman–Crippen MR) is 67.8 cm³/mol. The summed E-state index contributed by atoms with van der Waals surface area (Å²) in [6.07, 6.45) is 7.47. The number of rotatable bonds is 1. The van der Waals surface area contributed by atoms with E-state index in [1.165, 1.54) is 32.1 Å². The smallest absolute Gasteiger partial charge is 0.0796 e. The minimum Gasteiger partial charge on any atom is -0.396 e. The monoisotopic (exact) mass is 238 g/mol. The number of aliphatic hydroxyl groups is 1. The Kier molecular flexibility index (Phi) is 2.45. The summed E-state index contributed by atoms with van der Waals surface area (Å²) in [6.45, 7) is 7.22. The van der Waals surface area contributed by atoms with E-state index in [0.717, 1.165) is 6.42 Å². The van der Waals surface area contributed by atoms with Gasteiger partial charge in [-0.1, -0.05) is 13.3 Å². The van der Waals surface area contributed by atoms with Crippen molar-refractivity contribution < 1.29 is 9.84 Å². The van der Waals surface area contributed by atoms with Crippen LogP contribution >= 0.6 is 0 Å². The summed E-state index contributed by atoms with van der Waals surface area (Å²) in [4.78, 5) is 0. The molecule has 1 aliphatic heterocycles. The van der Waals surface area contributed by atoms with Gasteiger partial charge in [0.15, 0.2) is 0 Å². The lowest BCUT2D eigenvalue weighted by molar-refractivity contribution is -0.203. The zero-order chi connectivity index (χ0) is 12.3. The average Bonchev–Trinajstić information content (AvgIpc) is 2.49. The van der Waals surface area contributed by atoms with E-state index in [-0.39, 0.29) is 11.2 Å². The molecule has 17 heavy (non-hydrogen) atoms. The van der Waals surface area contributed by atoms with Crippen LogP contribution in [0.1, 0.15) is 59.3 Å². The second kappa shape index (κ2) is 3.48. The molecule has 3 rings (SSSR count). The first-order valence-corrected chi connectivity index (χ1v) is 7.25. The summed E-state index contributed by atoms with van der Waals surface area (Å²) >= 11 is 0. The van der Waals surface area contributed by atoms with E-state index < -0.39 is 0 Å². The zero-order valence-electron chi connectivity index (χ0n) is 11.5. The van der Waals surface area contributed by atoms with Crippen molar-refractivity contribution in [3.8, 4) is 0 Å². The van der Waals surface area contributed by atoms with Crippen molar-refractivity contribution in [2.45, 2.75) is 70.5 Å². The van der Waals surface area contributed by atoms with Crippen molar-refractivity contribution in [1.82, 2.24) is 0 Å². The Labute approximate surface area is 105 Å². The molecule has 98 valence electrons. The van der Waals surface area contributed by atoms with Crippen molar-refractivity contribution in [3.63, 3.8) is 0 Å². The first-order valence-electron chi connectivity index (χ1n) is 7.25. The first-order chi connectivity index (χ1) is 7.94. The van der Waals surface area contributed by atoms with Gasteiger partial charge in [0.05, 0.1) is 11.2 Å². The highest BCUT2D eigenvalue weighted by molar-refractivity contribution is 5.15. The topological polar surface area (TPSA) is 29.5 Å². The van der Waals surface area contributed by atoms with Crippen LogP contribution < -0.4 is 0 Å². The van der Waals surface area contributed by atoms with E-state index in [1.807, 2.05) is 0 Å². The van der Waals surface area contributed by atoms with Gasteiger partial charge in [0.25, 0.3) is 0 Å². The largest absolute Gasteiger partial charge is 0.396 e. The van der Waals surface area contributed by atoms with Gasteiger partial charge in [0.1, 0.15) is 0 Å². The lowest BCUT2D eigenvalue weighted by atomic mass is 9.52. The third kappa shape index (κ3) is 1.40. The first kappa shape index (κ1) is 12.0. The van der Waals surface area contributed by atoms with Crippen LogP contribution in [0.25, 0.3) is 0 Å². The van der Waals surface area contributed by atoms with Gasteiger partial charge in [-0.25, -0.2) is 0 Å². The normalized spacial score (nSPS) is 52.2. The lowest BCUT2D eigenvalue weighted by Gasteiger charge is -2.55. The number of hydrogen-bond donors (Lipinski definition) is 1. The molecule has 1 saturated heterocycles. The third-order valence-corrected chi connectivity index (χ3v) is 6.21. The van der Waals surface area contributed by atoms with Gasteiger partial charge >= 0.3 is 0 Å². The molecule has 2 nitrogen and oxygen atoms in total. The molecule has 1 N–H and O–H groups in total. The second-order valence-electron chi connectivity index (χ2n) is 7.37. The highest BCUT2D eigenvalue weighted by atomic mass is 16.5. The van der Waals surface area contributed by atoms with Gasteiger partial charge in [-0.2, -0.15) is 0 Å². The van der Waals surface area contributed by atoms with Crippen molar-refractivity contribution in [2.75, 3.05) is 6.61 Å². The molecule has 2 bridgehead atoms. The molecular formula is C15H26O2. The fraction of sp³-hybridized carbons (Fsp3) is 1.00. The molecule has 1 spiro atoms. The molecule has 0 amide bonds. The van der Waals surface area contributed by atoms with Gasteiger partial charge in [-0.3, -0.25) is 0 Å². The van der Waals surface area contributed by atoms with Gasteiger partial charge in [0, 0.05) is 12.5 Å². The van der Waals surface area contributed by atoms with E-state index in [0.29, 0.717) is 23.9 Å². The van der Waals surface area contributed by atoms with Crippen molar-refractivity contribution >= 4 is 0 Å². The fourth-order valence-corrected chi connectivity index (χ4v) is 5.02. The molecule has 4 atom stereocenters. The Morgan fingerprint density at radius 1 is 1.18 bits per heavy atom. The SMILES string of the molecule is CC1(C)O[C@]23C[C@H]1CC[C@]2(C)CCC[C@@H]3CO. The summed E-state index contributed by atoms with van der Waals surface area (Å²) in [5, 5.41) is 9.75. The Hall–Kier alpha value is -0.0800.